The van der Waals surface area contributed by atoms with Crippen LogP contribution in [-0.4, -0.2) is 24.5 Å². The molecule has 0 atom stereocenters. The normalized spacial score (nSPS) is 18.9. The summed E-state index contributed by atoms with van der Waals surface area (Å²) < 4.78 is 0. The summed E-state index contributed by atoms with van der Waals surface area (Å²) in [7, 11) is 0. The van der Waals surface area contributed by atoms with Crippen LogP contribution in [0.3, 0.4) is 0 Å². The van der Waals surface area contributed by atoms with Gasteiger partial charge in [-0.05, 0) is 52.3 Å². The van der Waals surface area contributed by atoms with E-state index in [1.54, 1.807) is 0 Å². The van der Waals surface area contributed by atoms with Gasteiger partial charge in [-0.3, -0.25) is 4.79 Å². The van der Waals surface area contributed by atoms with Crippen LogP contribution in [-0.2, 0) is 10.2 Å². The van der Waals surface area contributed by atoms with Crippen molar-refractivity contribution in [1.29, 1.82) is 0 Å². The highest BCUT2D eigenvalue weighted by molar-refractivity contribution is 5.89. The molecule has 1 aromatic carbocycles. The fourth-order valence-corrected chi connectivity index (χ4v) is 2.72. The number of benzene rings is 1. The lowest BCUT2D eigenvalue weighted by Gasteiger charge is -2.39. The van der Waals surface area contributed by atoms with Gasteiger partial charge in [0.15, 0.2) is 0 Å². The molecule has 0 aliphatic carbocycles. The number of piperidine rings is 1. The van der Waals surface area contributed by atoms with E-state index in [9.17, 15) is 4.79 Å². The first-order valence-electron chi connectivity index (χ1n) is 7.03. The molecular weight excluding hydrogens is 236 g/mol. The predicted octanol–water partition coefficient (Wildman–Crippen LogP) is 2.22. The van der Waals surface area contributed by atoms with Crippen LogP contribution in [0.1, 0.15) is 39.2 Å². The second-order valence-electron chi connectivity index (χ2n) is 6.40. The average molecular weight is 260 g/mol. The number of amides is 1. The molecule has 1 saturated heterocycles. The monoisotopic (exact) mass is 260 g/mol. The maximum absolute atomic E-state index is 12.8. The summed E-state index contributed by atoms with van der Waals surface area (Å²) in [5.74, 6) is 0.160. The molecule has 1 amide bonds. The Hall–Kier alpha value is -1.35. The van der Waals surface area contributed by atoms with E-state index >= 15 is 0 Å². The Bertz CT molecular complexity index is 428. The average Bonchev–Trinajstić information content (AvgIpc) is 2.38. The highest BCUT2D eigenvalue weighted by Gasteiger charge is 2.42. The lowest BCUT2D eigenvalue weighted by atomic mass is 9.72. The Balaban J connectivity index is 2.32. The maximum atomic E-state index is 12.8. The fourth-order valence-electron chi connectivity index (χ4n) is 2.72. The van der Waals surface area contributed by atoms with Crippen molar-refractivity contribution in [3.63, 3.8) is 0 Å². The lowest BCUT2D eigenvalue weighted by Crippen LogP contribution is -2.55. The minimum atomic E-state index is -0.375. The lowest BCUT2D eigenvalue weighted by molar-refractivity contribution is -0.129. The first kappa shape index (κ1) is 14.1. The number of carbonyl (C=O) groups excluding carboxylic acids is 1. The highest BCUT2D eigenvalue weighted by atomic mass is 16.2. The van der Waals surface area contributed by atoms with Crippen LogP contribution >= 0.6 is 0 Å². The molecule has 3 nitrogen and oxygen atoms in total. The molecule has 0 bridgehead atoms. The van der Waals surface area contributed by atoms with Gasteiger partial charge >= 0.3 is 0 Å². The third kappa shape index (κ3) is 3.16. The fraction of sp³-hybridized carbons (Fsp3) is 0.562. The smallest absolute Gasteiger partial charge is 0.231 e. The topological polar surface area (TPSA) is 41.1 Å². The third-order valence-corrected chi connectivity index (χ3v) is 3.71. The Morgan fingerprint density at radius 1 is 1.16 bits per heavy atom. The number of carbonyl (C=O) groups is 1. The molecule has 1 aliphatic rings. The molecule has 0 saturated carbocycles. The van der Waals surface area contributed by atoms with Gasteiger partial charge in [0.25, 0.3) is 0 Å². The summed E-state index contributed by atoms with van der Waals surface area (Å²) in [5.41, 5.74) is 0.571. The van der Waals surface area contributed by atoms with Gasteiger partial charge in [-0.1, -0.05) is 30.3 Å². The zero-order valence-corrected chi connectivity index (χ0v) is 12.1. The molecule has 1 fully saturated rings. The van der Waals surface area contributed by atoms with E-state index in [4.69, 9.17) is 0 Å². The molecule has 0 unspecified atom stereocenters. The van der Waals surface area contributed by atoms with Crippen molar-refractivity contribution in [3.8, 4) is 0 Å². The minimum absolute atomic E-state index is 0.160. The van der Waals surface area contributed by atoms with Gasteiger partial charge in [-0.15, -0.1) is 0 Å². The Morgan fingerprint density at radius 2 is 1.74 bits per heavy atom. The first-order valence-corrected chi connectivity index (χ1v) is 7.03. The molecule has 1 aromatic rings. The Kier molecular flexibility index (Phi) is 3.95. The summed E-state index contributed by atoms with van der Waals surface area (Å²) in [6, 6.07) is 10.2. The van der Waals surface area contributed by atoms with Gasteiger partial charge in [0.2, 0.25) is 5.91 Å². The van der Waals surface area contributed by atoms with Crippen LogP contribution < -0.4 is 10.6 Å². The van der Waals surface area contributed by atoms with E-state index in [1.807, 2.05) is 39.0 Å². The Labute approximate surface area is 115 Å². The van der Waals surface area contributed by atoms with Crippen molar-refractivity contribution in [3.05, 3.63) is 35.9 Å². The number of hydrogen-bond acceptors (Lipinski definition) is 2. The summed E-state index contributed by atoms with van der Waals surface area (Å²) in [6.45, 7) is 7.89. The molecule has 19 heavy (non-hydrogen) atoms. The van der Waals surface area contributed by atoms with E-state index in [2.05, 4.69) is 22.8 Å². The van der Waals surface area contributed by atoms with Crippen LogP contribution in [0.4, 0.5) is 0 Å². The van der Waals surface area contributed by atoms with Gasteiger partial charge in [0.05, 0.1) is 5.41 Å². The van der Waals surface area contributed by atoms with Crippen molar-refractivity contribution >= 4 is 5.91 Å². The van der Waals surface area contributed by atoms with Crippen LogP contribution in [0.5, 0.6) is 0 Å². The van der Waals surface area contributed by atoms with Gasteiger partial charge in [0.1, 0.15) is 0 Å². The van der Waals surface area contributed by atoms with Crippen molar-refractivity contribution in [2.45, 2.75) is 44.6 Å². The standard InChI is InChI=1S/C16H24N2O/c1-15(2,3)18-14(19)16(9-11-17-12-10-16)13-7-5-4-6-8-13/h4-8,17H,9-12H2,1-3H3,(H,18,19). The maximum Gasteiger partial charge on any atom is 0.231 e. The van der Waals surface area contributed by atoms with Crippen LogP contribution in [0, 0.1) is 0 Å². The molecule has 2 N–H and O–H groups in total. The largest absolute Gasteiger partial charge is 0.351 e. The molecule has 104 valence electrons. The van der Waals surface area contributed by atoms with E-state index in [-0.39, 0.29) is 16.9 Å². The molecule has 0 aromatic heterocycles. The van der Waals surface area contributed by atoms with E-state index in [0.29, 0.717) is 0 Å². The van der Waals surface area contributed by atoms with Crippen LogP contribution in [0.15, 0.2) is 30.3 Å². The van der Waals surface area contributed by atoms with Gasteiger partial charge in [0, 0.05) is 5.54 Å². The molecule has 3 heteroatoms. The van der Waals surface area contributed by atoms with Crippen molar-refractivity contribution < 1.29 is 4.79 Å². The number of hydrogen-bond donors (Lipinski definition) is 2. The molecule has 0 spiro atoms. The molecule has 1 heterocycles. The number of rotatable bonds is 2. The first-order chi connectivity index (χ1) is 8.94. The van der Waals surface area contributed by atoms with Crippen molar-refractivity contribution in [1.82, 2.24) is 10.6 Å². The van der Waals surface area contributed by atoms with E-state index in [1.165, 1.54) is 0 Å². The quantitative estimate of drug-likeness (QED) is 0.856. The highest BCUT2D eigenvalue weighted by Crippen LogP contribution is 2.34. The molecule has 2 rings (SSSR count). The van der Waals surface area contributed by atoms with Gasteiger partial charge in [-0.2, -0.15) is 0 Å². The number of nitrogens with one attached hydrogen (secondary N) is 2. The summed E-state index contributed by atoms with van der Waals surface area (Å²) in [6.07, 6.45) is 1.72. The van der Waals surface area contributed by atoms with Gasteiger partial charge in [-0.25, -0.2) is 0 Å². The second-order valence-corrected chi connectivity index (χ2v) is 6.40. The zero-order chi connectivity index (χ0) is 13.9. The Morgan fingerprint density at radius 3 is 2.26 bits per heavy atom. The minimum Gasteiger partial charge on any atom is -0.351 e. The SMILES string of the molecule is CC(C)(C)NC(=O)C1(c2ccccc2)CCNCC1. The predicted molar refractivity (Wildman–Crippen MR) is 78.1 cm³/mol. The van der Waals surface area contributed by atoms with E-state index in [0.717, 1.165) is 31.5 Å². The van der Waals surface area contributed by atoms with E-state index < -0.39 is 0 Å². The second kappa shape index (κ2) is 5.33. The van der Waals surface area contributed by atoms with Crippen molar-refractivity contribution in [2.75, 3.05) is 13.1 Å². The van der Waals surface area contributed by atoms with Crippen LogP contribution in [0.25, 0.3) is 0 Å². The van der Waals surface area contributed by atoms with Crippen LogP contribution in [0.2, 0.25) is 0 Å². The summed E-state index contributed by atoms with van der Waals surface area (Å²) in [4.78, 5) is 12.8. The van der Waals surface area contributed by atoms with Gasteiger partial charge < -0.3 is 10.6 Å². The van der Waals surface area contributed by atoms with Crippen molar-refractivity contribution in [2.24, 2.45) is 0 Å². The molecule has 1 aliphatic heterocycles. The summed E-state index contributed by atoms with van der Waals surface area (Å²) in [5, 5.41) is 6.51. The summed E-state index contributed by atoms with van der Waals surface area (Å²) >= 11 is 0. The molecular formula is C16H24N2O. The third-order valence-electron chi connectivity index (χ3n) is 3.71. The zero-order valence-electron chi connectivity index (χ0n) is 12.1. The molecule has 0 radical (unpaired) electrons.